The molecule has 1 atom stereocenters. The number of hydrogen-bond donors (Lipinski definition) is 2. The van der Waals surface area contributed by atoms with Crippen molar-refractivity contribution >= 4 is 18.5 Å². The third kappa shape index (κ3) is 4.40. The number of aromatic amines is 1. The van der Waals surface area contributed by atoms with Gasteiger partial charge in [-0.25, -0.2) is 19.5 Å². The van der Waals surface area contributed by atoms with Crippen molar-refractivity contribution < 1.29 is 24.2 Å². The Labute approximate surface area is 131 Å². The highest BCUT2D eigenvalue weighted by atomic mass is 16.6. The van der Waals surface area contributed by atoms with E-state index in [4.69, 9.17) is 4.74 Å². The summed E-state index contributed by atoms with van der Waals surface area (Å²) in [5, 5.41) is 9.27. The summed E-state index contributed by atoms with van der Waals surface area (Å²) in [6.45, 7) is -0.0551. The van der Waals surface area contributed by atoms with Crippen LogP contribution < -0.4 is 0 Å². The molecule has 0 aliphatic rings. The molecule has 0 saturated carbocycles. The highest BCUT2D eigenvalue weighted by molar-refractivity contribution is 5.88. The van der Waals surface area contributed by atoms with E-state index < -0.39 is 18.1 Å². The SMILES string of the molecule is O=CN(C(=O)OCc1ccccc1)[C@@H](Cc1cnc[nH]1)C(=O)O. The number of aromatic nitrogens is 2. The van der Waals surface area contributed by atoms with E-state index in [-0.39, 0.29) is 19.4 Å². The van der Waals surface area contributed by atoms with Crippen molar-refractivity contribution in [1.29, 1.82) is 0 Å². The van der Waals surface area contributed by atoms with Crippen LogP contribution in [0, 0.1) is 0 Å². The topological polar surface area (TPSA) is 113 Å². The van der Waals surface area contributed by atoms with Gasteiger partial charge in [-0.15, -0.1) is 0 Å². The number of carboxylic acids is 1. The second-order valence-corrected chi connectivity index (χ2v) is 4.69. The smallest absolute Gasteiger partial charge is 0.417 e. The van der Waals surface area contributed by atoms with E-state index in [9.17, 15) is 19.5 Å². The molecular formula is C15H15N3O5. The van der Waals surface area contributed by atoms with Crippen LogP contribution >= 0.6 is 0 Å². The maximum absolute atomic E-state index is 12.0. The second-order valence-electron chi connectivity index (χ2n) is 4.69. The van der Waals surface area contributed by atoms with Gasteiger partial charge in [0.05, 0.1) is 6.33 Å². The third-order valence-electron chi connectivity index (χ3n) is 3.12. The number of aliphatic carboxylic acids is 1. The molecule has 23 heavy (non-hydrogen) atoms. The molecule has 0 bridgehead atoms. The van der Waals surface area contributed by atoms with Crippen LogP contribution in [0.5, 0.6) is 0 Å². The van der Waals surface area contributed by atoms with Crippen molar-refractivity contribution in [2.45, 2.75) is 19.1 Å². The van der Waals surface area contributed by atoms with Gasteiger partial charge in [-0.05, 0) is 5.56 Å². The molecular weight excluding hydrogens is 302 g/mol. The van der Waals surface area contributed by atoms with E-state index in [2.05, 4.69) is 9.97 Å². The average Bonchev–Trinajstić information content (AvgIpc) is 3.06. The Morgan fingerprint density at radius 1 is 1.35 bits per heavy atom. The molecule has 0 fully saturated rings. The lowest BCUT2D eigenvalue weighted by atomic mass is 10.1. The Bertz CT molecular complexity index is 657. The van der Waals surface area contributed by atoms with Crippen LogP contribution in [0.3, 0.4) is 0 Å². The van der Waals surface area contributed by atoms with Gasteiger partial charge in [0, 0.05) is 18.3 Å². The van der Waals surface area contributed by atoms with Gasteiger partial charge in [0.15, 0.2) is 0 Å². The predicted molar refractivity (Wildman–Crippen MR) is 78.2 cm³/mol. The first-order valence-electron chi connectivity index (χ1n) is 6.76. The fraction of sp³-hybridized carbons (Fsp3) is 0.200. The number of benzene rings is 1. The molecule has 2 rings (SSSR count). The Hall–Kier alpha value is -3.16. The number of rotatable bonds is 7. The van der Waals surface area contributed by atoms with Crippen molar-refractivity contribution in [3.8, 4) is 0 Å². The standard InChI is InChI=1S/C15H15N3O5/c19-10-18(13(14(20)21)6-12-7-16-9-17-12)15(22)23-8-11-4-2-1-3-5-11/h1-5,7,9-10,13H,6,8H2,(H,16,17)(H,20,21)/t13-/m0/s1. The summed E-state index contributed by atoms with van der Waals surface area (Å²) in [5.74, 6) is -1.32. The van der Waals surface area contributed by atoms with Crippen molar-refractivity contribution in [3.05, 3.63) is 54.1 Å². The van der Waals surface area contributed by atoms with E-state index in [0.717, 1.165) is 5.56 Å². The number of H-pyrrole nitrogens is 1. The normalized spacial score (nSPS) is 11.5. The Kier molecular flexibility index (Phi) is 5.45. The van der Waals surface area contributed by atoms with E-state index in [0.29, 0.717) is 10.6 Å². The Morgan fingerprint density at radius 2 is 2.09 bits per heavy atom. The summed E-state index contributed by atoms with van der Waals surface area (Å²) in [6.07, 6.45) is 1.86. The second kappa shape index (κ2) is 7.74. The van der Waals surface area contributed by atoms with Crippen LogP contribution in [-0.2, 0) is 27.4 Å². The number of nitrogens with zero attached hydrogens (tertiary/aromatic N) is 2. The average molecular weight is 317 g/mol. The van der Waals surface area contributed by atoms with Crippen molar-refractivity contribution in [1.82, 2.24) is 14.9 Å². The summed E-state index contributed by atoms with van der Waals surface area (Å²) in [5.41, 5.74) is 1.22. The number of imide groups is 1. The maximum Gasteiger partial charge on any atom is 0.417 e. The number of ether oxygens (including phenoxy) is 1. The molecule has 2 N–H and O–H groups in total. The zero-order chi connectivity index (χ0) is 16.7. The van der Waals surface area contributed by atoms with Gasteiger partial charge in [-0.1, -0.05) is 30.3 Å². The molecule has 1 heterocycles. The highest BCUT2D eigenvalue weighted by Gasteiger charge is 2.31. The van der Waals surface area contributed by atoms with Crippen LogP contribution in [0.15, 0.2) is 42.9 Å². The molecule has 0 aliphatic carbocycles. The molecule has 8 heteroatoms. The first-order valence-corrected chi connectivity index (χ1v) is 6.76. The van der Waals surface area contributed by atoms with E-state index in [1.54, 1.807) is 24.3 Å². The number of hydrogen-bond acceptors (Lipinski definition) is 5. The summed E-state index contributed by atoms with van der Waals surface area (Å²) in [6, 6.07) is 7.48. The zero-order valence-electron chi connectivity index (χ0n) is 12.1. The van der Waals surface area contributed by atoms with Crippen LogP contribution in [0.2, 0.25) is 0 Å². The summed E-state index contributed by atoms with van der Waals surface area (Å²) in [4.78, 5) is 41.6. The van der Waals surface area contributed by atoms with Gasteiger partial charge < -0.3 is 14.8 Å². The highest BCUT2D eigenvalue weighted by Crippen LogP contribution is 2.09. The minimum Gasteiger partial charge on any atom is -0.480 e. The lowest BCUT2D eigenvalue weighted by Crippen LogP contribution is -2.45. The third-order valence-corrected chi connectivity index (χ3v) is 3.12. The molecule has 0 unspecified atom stereocenters. The van der Waals surface area contributed by atoms with Crippen LogP contribution in [-0.4, -0.2) is 44.5 Å². The predicted octanol–water partition coefficient (Wildman–Crippen LogP) is 1.20. The first-order chi connectivity index (χ1) is 11.1. The van der Waals surface area contributed by atoms with Crippen molar-refractivity contribution in [3.63, 3.8) is 0 Å². The maximum atomic E-state index is 12.0. The minimum atomic E-state index is -1.38. The van der Waals surface area contributed by atoms with Crippen LogP contribution in [0.1, 0.15) is 11.3 Å². The summed E-state index contributed by atoms with van der Waals surface area (Å²) >= 11 is 0. The number of carbonyl (C=O) groups excluding carboxylic acids is 2. The van der Waals surface area contributed by atoms with E-state index >= 15 is 0 Å². The number of carboxylic acid groups (broad SMARTS) is 1. The Balaban J connectivity index is 2.04. The molecule has 1 aromatic heterocycles. The molecule has 1 aromatic carbocycles. The largest absolute Gasteiger partial charge is 0.480 e. The first kappa shape index (κ1) is 16.2. The fourth-order valence-electron chi connectivity index (χ4n) is 1.95. The van der Waals surface area contributed by atoms with Crippen LogP contribution in [0.25, 0.3) is 0 Å². The van der Waals surface area contributed by atoms with E-state index in [1.165, 1.54) is 12.5 Å². The zero-order valence-corrected chi connectivity index (χ0v) is 12.1. The van der Waals surface area contributed by atoms with Gasteiger partial charge in [0.1, 0.15) is 12.6 Å². The molecule has 2 amide bonds. The van der Waals surface area contributed by atoms with E-state index in [1.807, 2.05) is 6.07 Å². The van der Waals surface area contributed by atoms with Crippen molar-refractivity contribution in [2.24, 2.45) is 0 Å². The number of amides is 2. The number of carbonyl (C=O) groups is 3. The van der Waals surface area contributed by atoms with Gasteiger partial charge in [0.2, 0.25) is 6.41 Å². The fourth-order valence-corrected chi connectivity index (χ4v) is 1.95. The van der Waals surface area contributed by atoms with Gasteiger partial charge >= 0.3 is 12.1 Å². The lowest BCUT2D eigenvalue weighted by Gasteiger charge is -2.22. The van der Waals surface area contributed by atoms with Crippen LogP contribution in [0.4, 0.5) is 4.79 Å². The molecule has 2 aromatic rings. The molecule has 0 radical (unpaired) electrons. The molecule has 0 aliphatic heterocycles. The summed E-state index contributed by atoms with van der Waals surface area (Å²) < 4.78 is 5.00. The van der Waals surface area contributed by atoms with Gasteiger partial charge in [0.25, 0.3) is 0 Å². The molecule has 120 valence electrons. The monoisotopic (exact) mass is 317 g/mol. The molecule has 8 nitrogen and oxygen atoms in total. The Morgan fingerprint density at radius 3 is 2.65 bits per heavy atom. The quantitative estimate of drug-likeness (QED) is 0.742. The number of nitrogens with one attached hydrogen (secondary N) is 1. The lowest BCUT2D eigenvalue weighted by molar-refractivity contribution is -0.145. The number of imidazole rings is 1. The molecule has 0 saturated heterocycles. The van der Waals surface area contributed by atoms with Gasteiger partial charge in [-0.2, -0.15) is 0 Å². The van der Waals surface area contributed by atoms with Crippen molar-refractivity contribution in [2.75, 3.05) is 0 Å². The minimum absolute atomic E-state index is 0.0551. The summed E-state index contributed by atoms with van der Waals surface area (Å²) in [7, 11) is 0. The molecule has 0 spiro atoms. The van der Waals surface area contributed by atoms with Gasteiger partial charge in [-0.3, -0.25) is 4.79 Å².